The Morgan fingerprint density at radius 1 is 1.29 bits per heavy atom. The summed E-state index contributed by atoms with van der Waals surface area (Å²) in [6.07, 6.45) is 3.69. The lowest BCUT2D eigenvalue weighted by atomic mass is 10.1. The van der Waals surface area contributed by atoms with Gasteiger partial charge in [0.15, 0.2) is 0 Å². The molecule has 0 radical (unpaired) electrons. The van der Waals surface area contributed by atoms with Crippen molar-refractivity contribution in [2.24, 2.45) is 0 Å². The molecule has 0 saturated carbocycles. The monoisotopic (exact) mass is 330 g/mol. The number of hydrogen-bond acceptors (Lipinski definition) is 3. The summed E-state index contributed by atoms with van der Waals surface area (Å²) in [5.41, 5.74) is 1.21. The molecule has 0 bridgehead atoms. The van der Waals surface area contributed by atoms with Gasteiger partial charge in [0.25, 0.3) is 0 Å². The van der Waals surface area contributed by atoms with Crippen molar-refractivity contribution in [3.63, 3.8) is 0 Å². The van der Waals surface area contributed by atoms with E-state index in [-0.39, 0.29) is 6.03 Å². The van der Waals surface area contributed by atoms with Crippen molar-refractivity contribution in [2.75, 3.05) is 13.1 Å². The minimum atomic E-state index is -0.909. The zero-order valence-corrected chi connectivity index (χ0v) is 14.6. The summed E-state index contributed by atoms with van der Waals surface area (Å²) in [5, 5.41) is 17.1. The Morgan fingerprint density at radius 3 is 2.62 bits per heavy atom. The molecule has 1 heterocycles. The Bertz CT molecular complexity index is 647. The first-order valence-corrected chi connectivity index (χ1v) is 8.18. The topological polar surface area (TPSA) is 70.4 Å². The fourth-order valence-electron chi connectivity index (χ4n) is 2.44. The lowest BCUT2D eigenvalue weighted by Gasteiger charge is -2.28. The molecule has 0 aliphatic carbocycles. The minimum absolute atomic E-state index is 0.185. The van der Waals surface area contributed by atoms with Crippen LogP contribution in [-0.4, -0.2) is 44.5 Å². The Balaban J connectivity index is 1.87. The summed E-state index contributed by atoms with van der Waals surface area (Å²) in [4.78, 5) is 13.8. The zero-order chi connectivity index (χ0) is 17.6. The number of likely N-dealkylation sites (N-methyl/N-ethyl adjacent to an activating group) is 1. The molecule has 0 spiro atoms. The predicted molar refractivity (Wildman–Crippen MR) is 93.6 cm³/mol. The molecule has 0 atom stereocenters. The number of carbonyl (C=O) groups is 1. The average molecular weight is 330 g/mol. The fourth-order valence-corrected chi connectivity index (χ4v) is 2.44. The first-order valence-electron chi connectivity index (χ1n) is 8.18. The number of rotatable bonds is 7. The molecule has 0 fully saturated rings. The minimum Gasteiger partial charge on any atom is -0.389 e. The maximum absolute atomic E-state index is 12.2. The molecule has 2 rings (SSSR count). The molecule has 24 heavy (non-hydrogen) atoms. The summed E-state index contributed by atoms with van der Waals surface area (Å²) in [6.45, 7) is 7.23. The van der Waals surface area contributed by atoms with Crippen molar-refractivity contribution in [1.82, 2.24) is 20.0 Å². The second kappa shape index (κ2) is 7.97. The van der Waals surface area contributed by atoms with Gasteiger partial charge in [-0.2, -0.15) is 5.10 Å². The standard InChI is InChI=1S/C18H26N4O2/c1-4-21(14-18(2,3)24)17(23)19-10-16-11-20-22(13-16)12-15-8-6-5-7-9-15/h5-9,11,13,24H,4,10,12,14H2,1-3H3,(H,19,23). The van der Waals surface area contributed by atoms with Gasteiger partial charge < -0.3 is 15.3 Å². The van der Waals surface area contributed by atoms with Crippen molar-refractivity contribution in [1.29, 1.82) is 0 Å². The van der Waals surface area contributed by atoms with Crippen LogP contribution in [0.15, 0.2) is 42.7 Å². The quantitative estimate of drug-likeness (QED) is 0.818. The van der Waals surface area contributed by atoms with Gasteiger partial charge in [-0.3, -0.25) is 4.68 Å². The maximum atomic E-state index is 12.2. The molecule has 2 N–H and O–H groups in total. The molecule has 1 aromatic heterocycles. The van der Waals surface area contributed by atoms with Crippen molar-refractivity contribution in [2.45, 2.75) is 39.5 Å². The third-order valence-electron chi connectivity index (χ3n) is 3.56. The van der Waals surface area contributed by atoms with Crippen LogP contribution in [0.3, 0.4) is 0 Å². The van der Waals surface area contributed by atoms with Gasteiger partial charge in [0, 0.05) is 24.8 Å². The van der Waals surface area contributed by atoms with E-state index < -0.39 is 5.60 Å². The normalized spacial score (nSPS) is 11.3. The number of aliphatic hydroxyl groups is 1. The van der Waals surface area contributed by atoms with Gasteiger partial charge in [0.1, 0.15) is 0 Å². The summed E-state index contributed by atoms with van der Waals surface area (Å²) >= 11 is 0. The van der Waals surface area contributed by atoms with E-state index >= 15 is 0 Å². The Labute approximate surface area is 143 Å². The number of hydrogen-bond donors (Lipinski definition) is 2. The SMILES string of the molecule is CCN(CC(C)(C)O)C(=O)NCc1cnn(Cc2ccccc2)c1. The van der Waals surface area contributed by atoms with Gasteiger partial charge in [0.05, 0.1) is 24.9 Å². The largest absolute Gasteiger partial charge is 0.389 e. The lowest BCUT2D eigenvalue weighted by molar-refractivity contribution is 0.0480. The van der Waals surface area contributed by atoms with Crippen LogP contribution in [0.5, 0.6) is 0 Å². The molecular weight excluding hydrogens is 304 g/mol. The third kappa shape index (κ3) is 5.70. The van der Waals surface area contributed by atoms with E-state index in [9.17, 15) is 9.90 Å². The van der Waals surface area contributed by atoms with Crippen LogP contribution in [0, 0.1) is 0 Å². The van der Waals surface area contributed by atoms with Crippen LogP contribution in [0.4, 0.5) is 4.79 Å². The molecule has 2 amide bonds. The summed E-state index contributed by atoms with van der Waals surface area (Å²) in [7, 11) is 0. The van der Waals surface area contributed by atoms with Gasteiger partial charge in [-0.1, -0.05) is 30.3 Å². The number of urea groups is 1. The highest BCUT2D eigenvalue weighted by atomic mass is 16.3. The highest BCUT2D eigenvalue weighted by Gasteiger charge is 2.21. The average Bonchev–Trinajstić information content (AvgIpc) is 2.98. The number of carbonyl (C=O) groups excluding carboxylic acids is 1. The number of nitrogens with zero attached hydrogens (tertiary/aromatic N) is 3. The highest BCUT2D eigenvalue weighted by Crippen LogP contribution is 2.06. The van der Waals surface area contributed by atoms with Gasteiger partial charge in [-0.05, 0) is 26.3 Å². The second-order valence-electron chi connectivity index (χ2n) is 6.52. The van der Waals surface area contributed by atoms with Crippen LogP contribution in [0.2, 0.25) is 0 Å². The van der Waals surface area contributed by atoms with E-state index in [0.717, 1.165) is 5.56 Å². The molecule has 1 aromatic carbocycles. The van der Waals surface area contributed by atoms with Gasteiger partial charge >= 0.3 is 6.03 Å². The van der Waals surface area contributed by atoms with Crippen LogP contribution in [-0.2, 0) is 13.1 Å². The van der Waals surface area contributed by atoms with Crippen LogP contribution >= 0.6 is 0 Å². The van der Waals surface area contributed by atoms with Crippen molar-refractivity contribution >= 4 is 6.03 Å². The molecular formula is C18H26N4O2. The predicted octanol–water partition coefficient (Wildman–Crippen LogP) is 2.23. The summed E-state index contributed by atoms with van der Waals surface area (Å²) < 4.78 is 1.85. The molecule has 0 aliphatic rings. The van der Waals surface area contributed by atoms with E-state index in [1.54, 1.807) is 24.9 Å². The fraction of sp³-hybridized carbons (Fsp3) is 0.444. The van der Waals surface area contributed by atoms with Crippen molar-refractivity contribution in [3.8, 4) is 0 Å². The summed E-state index contributed by atoms with van der Waals surface area (Å²) in [6, 6.07) is 9.91. The van der Waals surface area contributed by atoms with Gasteiger partial charge in [0.2, 0.25) is 0 Å². The van der Waals surface area contributed by atoms with Crippen LogP contribution in [0.25, 0.3) is 0 Å². The van der Waals surface area contributed by atoms with E-state index in [1.807, 2.05) is 36.0 Å². The third-order valence-corrected chi connectivity index (χ3v) is 3.56. The molecule has 6 nitrogen and oxygen atoms in total. The second-order valence-corrected chi connectivity index (χ2v) is 6.52. The van der Waals surface area contributed by atoms with Gasteiger partial charge in [-0.15, -0.1) is 0 Å². The maximum Gasteiger partial charge on any atom is 0.317 e. The molecule has 0 unspecified atom stereocenters. The number of benzene rings is 1. The van der Waals surface area contributed by atoms with E-state index in [0.29, 0.717) is 26.2 Å². The molecule has 6 heteroatoms. The molecule has 2 aromatic rings. The number of nitrogens with one attached hydrogen (secondary N) is 1. The summed E-state index contributed by atoms with van der Waals surface area (Å²) in [5.74, 6) is 0. The number of amides is 2. The van der Waals surface area contributed by atoms with Crippen LogP contribution < -0.4 is 5.32 Å². The molecule has 130 valence electrons. The van der Waals surface area contributed by atoms with E-state index in [4.69, 9.17) is 0 Å². The Kier molecular flexibility index (Phi) is 5.98. The molecule has 0 saturated heterocycles. The van der Waals surface area contributed by atoms with Crippen molar-refractivity contribution in [3.05, 3.63) is 53.9 Å². The first-order chi connectivity index (χ1) is 11.4. The van der Waals surface area contributed by atoms with E-state index in [1.165, 1.54) is 5.56 Å². The van der Waals surface area contributed by atoms with Crippen LogP contribution in [0.1, 0.15) is 31.9 Å². The highest BCUT2D eigenvalue weighted by molar-refractivity contribution is 5.74. The number of aromatic nitrogens is 2. The van der Waals surface area contributed by atoms with Crippen molar-refractivity contribution < 1.29 is 9.90 Å². The Hall–Kier alpha value is -2.34. The van der Waals surface area contributed by atoms with E-state index in [2.05, 4.69) is 22.5 Å². The lowest BCUT2D eigenvalue weighted by Crippen LogP contribution is -2.46. The zero-order valence-electron chi connectivity index (χ0n) is 14.6. The molecule has 0 aliphatic heterocycles. The smallest absolute Gasteiger partial charge is 0.317 e. The first kappa shape index (κ1) is 18.0. The Morgan fingerprint density at radius 2 is 2.00 bits per heavy atom. The van der Waals surface area contributed by atoms with Gasteiger partial charge in [-0.25, -0.2) is 4.79 Å².